The van der Waals surface area contributed by atoms with E-state index in [9.17, 15) is 9.90 Å². The third-order valence-electron chi connectivity index (χ3n) is 2.01. The highest BCUT2D eigenvalue weighted by molar-refractivity contribution is 6.31. The predicted octanol–water partition coefficient (Wildman–Crippen LogP) is 1.35. The topological polar surface area (TPSA) is 78.9 Å². The van der Waals surface area contributed by atoms with Gasteiger partial charge in [0.1, 0.15) is 5.69 Å². The Labute approximate surface area is 90.7 Å². The minimum atomic E-state index is -0.230. The number of anilines is 2. The predicted molar refractivity (Wildman–Crippen MR) is 58.1 cm³/mol. The van der Waals surface area contributed by atoms with Gasteiger partial charge in [0.15, 0.2) is 5.75 Å². The van der Waals surface area contributed by atoms with Crippen molar-refractivity contribution in [2.24, 2.45) is 5.10 Å². The highest BCUT2D eigenvalue weighted by Gasteiger charge is 2.23. The third-order valence-corrected chi connectivity index (χ3v) is 2.23. The first kappa shape index (κ1) is 9.79. The zero-order valence-corrected chi connectivity index (χ0v) is 8.40. The summed E-state index contributed by atoms with van der Waals surface area (Å²) in [6.45, 7) is 0. The molecule has 1 amide bonds. The molecule has 0 fully saturated rings. The average molecular weight is 226 g/mol. The molecule has 0 aliphatic carbocycles. The van der Waals surface area contributed by atoms with Crippen molar-refractivity contribution < 1.29 is 9.90 Å². The number of amides is 1. The molecular weight excluding hydrogens is 218 g/mol. The Kier molecular flexibility index (Phi) is 2.24. The van der Waals surface area contributed by atoms with E-state index in [2.05, 4.69) is 5.10 Å². The first-order chi connectivity index (χ1) is 7.09. The monoisotopic (exact) mass is 225 g/mol. The molecule has 78 valence electrons. The van der Waals surface area contributed by atoms with Gasteiger partial charge in [-0.2, -0.15) is 10.1 Å². The van der Waals surface area contributed by atoms with Crippen molar-refractivity contribution in [1.82, 2.24) is 0 Å². The van der Waals surface area contributed by atoms with Crippen molar-refractivity contribution in [1.29, 1.82) is 0 Å². The highest BCUT2D eigenvalue weighted by atomic mass is 35.5. The summed E-state index contributed by atoms with van der Waals surface area (Å²) in [6, 6.07) is 2.85. The maximum absolute atomic E-state index is 11.4. The van der Waals surface area contributed by atoms with Gasteiger partial charge >= 0.3 is 0 Å². The number of carbonyl (C=O) groups excluding carboxylic acids is 1. The van der Waals surface area contributed by atoms with Crippen LogP contribution in [0.25, 0.3) is 0 Å². The first-order valence-electron chi connectivity index (χ1n) is 4.23. The second-order valence-corrected chi connectivity index (χ2v) is 3.51. The van der Waals surface area contributed by atoms with Gasteiger partial charge in [-0.1, -0.05) is 11.6 Å². The molecule has 6 heteroatoms. The number of nitrogens with two attached hydrogens (primary N) is 1. The second kappa shape index (κ2) is 3.43. The number of phenols is 1. The molecule has 1 heterocycles. The van der Waals surface area contributed by atoms with Crippen molar-refractivity contribution in [2.75, 3.05) is 10.7 Å². The largest absolute Gasteiger partial charge is 0.504 e. The smallest absolute Gasteiger partial charge is 0.252 e. The van der Waals surface area contributed by atoms with Crippen LogP contribution in [0.4, 0.5) is 11.4 Å². The van der Waals surface area contributed by atoms with Gasteiger partial charge in [-0.3, -0.25) is 4.79 Å². The number of benzene rings is 1. The second-order valence-electron chi connectivity index (χ2n) is 3.07. The van der Waals surface area contributed by atoms with Crippen LogP contribution in [-0.4, -0.2) is 17.2 Å². The Morgan fingerprint density at radius 1 is 1.53 bits per heavy atom. The summed E-state index contributed by atoms with van der Waals surface area (Å²) in [4.78, 5) is 11.4. The summed E-state index contributed by atoms with van der Waals surface area (Å²) in [5, 5.41) is 14.9. The van der Waals surface area contributed by atoms with Crippen LogP contribution in [0.1, 0.15) is 6.42 Å². The number of hydrogen-bond acceptors (Lipinski definition) is 4. The Morgan fingerprint density at radius 3 is 2.87 bits per heavy atom. The van der Waals surface area contributed by atoms with E-state index in [0.717, 1.165) is 5.01 Å². The fourth-order valence-electron chi connectivity index (χ4n) is 1.31. The molecule has 0 radical (unpaired) electrons. The molecule has 0 saturated carbocycles. The molecule has 0 saturated heterocycles. The molecule has 0 spiro atoms. The SMILES string of the molecule is Nc1cc(Cl)cc(N2N=CCC2=O)c1O. The molecule has 3 N–H and O–H groups in total. The van der Waals surface area contributed by atoms with Crippen LogP contribution < -0.4 is 10.7 Å². The van der Waals surface area contributed by atoms with E-state index >= 15 is 0 Å². The molecule has 1 aromatic rings. The van der Waals surface area contributed by atoms with E-state index in [1.54, 1.807) is 0 Å². The van der Waals surface area contributed by atoms with Crippen LogP contribution in [0, 0.1) is 0 Å². The molecule has 1 aliphatic rings. The number of halogens is 1. The molecule has 1 aromatic carbocycles. The van der Waals surface area contributed by atoms with E-state index < -0.39 is 0 Å². The number of rotatable bonds is 1. The molecule has 0 unspecified atom stereocenters. The lowest BCUT2D eigenvalue weighted by molar-refractivity contribution is -0.116. The third kappa shape index (κ3) is 1.61. The van der Waals surface area contributed by atoms with Gasteiger partial charge in [-0.05, 0) is 12.1 Å². The number of nitrogens with zero attached hydrogens (tertiary/aromatic N) is 2. The molecule has 15 heavy (non-hydrogen) atoms. The molecule has 1 aliphatic heterocycles. The standard InChI is InChI=1S/C9H8ClN3O2/c10-5-3-6(11)9(15)7(4-5)13-8(14)1-2-12-13/h2-4,15H,1,11H2. The van der Waals surface area contributed by atoms with E-state index in [4.69, 9.17) is 17.3 Å². The lowest BCUT2D eigenvalue weighted by Crippen LogP contribution is -2.19. The lowest BCUT2D eigenvalue weighted by Gasteiger charge is -2.14. The highest BCUT2D eigenvalue weighted by Crippen LogP contribution is 2.37. The summed E-state index contributed by atoms with van der Waals surface area (Å²) in [7, 11) is 0. The minimum absolute atomic E-state index is 0.118. The van der Waals surface area contributed by atoms with Crippen molar-refractivity contribution in [3.8, 4) is 5.75 Å². The van der Waals surface area contributed by atoms with Crippen LogP contribution in [0.15, 0.2) is 17.2 Å². The molecular formula is C9H8ClN3O2. The maximum Gasteiger partial charge on any atom is 0.252 e. The van der Waals surface area contributed by atoms with Gasteiger partial charge in [-0.25, -0.2) is 0 Å². The van der Waals surface area contributed by atoms with Crippen LogP contribution in [0.2, 0.25) is 5.02 Å². The Hall–Kier alpha value is -1.75. The average Bonchev–Trinajstić information content (AvgIpc) is 2.58. The van der Waals surface area contributed by atoms with Gasteiger partial charge in [0, 0.05) is 11.2 Å². The number of carbonyl (C=O) groups is 1. The Morgan fingerprint density at radius 2 is 2.27 bits per heavy atom. The van der Waals surface area contributed by atoms with E-state index in [1.807, 2.05) is 0 Å². The van der Waals surface area contributed by atoms with Crippen LogP contribution in [0.5, 0.6) is 5.75 Å². The van der Waals surface area contributed by atoms with Crippen LogP contribution >= 0.6 is 11.6 Å². The molecule has 0 atom stereocenters. The van der Waals surface area contributed by atoms with E-state index in [-0.39, 0.29) is 29.5 Å². The first-order valence-corrected chi connectivity index (χ1v) is 4.61. The van der Waals surface area contributed by atoms with Crippen molar-refractivity contribution in [2.45, 2.75) is 6.42 Å². The number of hydrogen-bond donors (Lipinski definition) is 2. The summed E-state index contributed by atoms with van der Waals surface area (Å²) in [5.41, 5.74) is 5.84. The lowest BCUT2D eigenvalue weighted by atomic mass is 10.2. The van der Waals surface area contributed by atoms with Crippen molar-refractivity contribution in [3.63, 3.8) is 0 Å². The molecule has 0 aromatic heterocycles. The quantitative estimate of drug-likeness (QED) is 0.559. The fourth-order valence-corrected chi connectivity index (χ4v) is 1.54. The van der Waals surface area contributed by atoms with Gasteiger partial charge in [0.05, 0.1) is 12.1 Å². The summed E-state index contributed by atoms with van der Waals surface area (Å²) < 4.78 is 0. The number of hydrazone groups is 1. The Bertz CT molecular complexity index is 459. The van der Waals surface area contributed by atoms with Gasteiger partial charge in [0.25, 0.3) is 5.91 Å². The molecule has 5 nitrogen and oxygen atoms in total. The van der Waals surface area contributed by atoms with Crippen LogP contribution in [0.3, 0.4) is 0 Å². The van der Waals surface area contributed by atoms with Crippen LogP contribution in [-0.2, 0) is 4.79 Å². The minimum Gasteiger partial charge on any atom is -0.504 e. The van der Waals surface area contributed by atoms with Crippen molar-refractivity contribution in [3.05, 3.63) is 17.2 Å². The van der Waals surface area contributed by atoms with E-state index in [0.29, 0.717) is 5.02 Å². The normalized spacial score (nSPS) is 15.0. The summed E-state index contributed by atoms with van der Waals surface area (Å²) >= 11 is 5.77. The zero-order valence-electron chi connectivity index (χ0n) is 7.64. The molecule has 0 bridgehead atoms. The summed E-state index contributed by atoms with van der Waals surface area (Å²) in [6.07, 6.45) is 1.67. The zero-order chi connectivity index (χ0) is 11.0. The number of phenolic OH excluding ortho intramolecular Hbond substituents is 1. The van der Waals surface area contributed by atoms with E-state index in [1.165, 1.54) is 18.3 Å². The Balaban J connectivity index is 2.52. The fraction of sp³-hybridized carbons (Fsp3) is 0.111. The van der Waals surface area contributed by atoms with Crippen molar-refractivity contribution >= 4 is 35.1 Å². The van der Waals surface area contributed by atoms with Gasteiger partial charge in [-0.15, -0.1) is 0 Å². The summed E-state index contributed by atoms with van der Waals surface area (Å²) in [5.74, 6) is -0.418. The molecule has 2 rings (SSSR count). The maximum atomic E-state index is 11.4. The van der Waals surface area contributed by atoms with Gasteiger partial charge in [0.2, 0.25) is 0 Å². The van der Waals surface area contributed by atoms with Gasteiger partial charge < -0.3 is 10.8 Å². The number of nitrogen functional groups attached to an aromatic ring is 1. The number of aromatic hydroxyl groups is 1.